The maximum Gasteiger partial charge on any atom is 0.119 e. The van der Waals surface area contributed by atoms with Crippen LogP contribution in [0.5, 0.6) is 5.75 Å². The summed E-state index contributed by atoms with van der Waals surface area (Å²) in [6.45, 7) is 6.56. The van der Waals surface area contributed by atoms with Crippen LogP contribution in [-0.2, 0) is 6.42 Å². The molecule has 22 heavy (non-hydrogen) atoms. The molecular formula is C21H32O. The normalized spacial score (nSPS) is 21.5. The Kier molecular flexibility index (Phi) is 7.56. The molecule has 1 aliphatic rings. The zero-order chi connectivity index (χ0) is 15.6. The highest BCUT2D eigenvalue weighted by Crippen LogP contribution is 2.34. The maximum atomic E-state index is 5.53. The molecule has 122 valence electrons. The van der Waals surface area contributed by atoms with E-state index < -0.39 is 0 Å². The highest BCUT2D eigenvalue weighted by atomic mass is 16.5. The van der Waals surface area contributed by atoms with Gasteiger partial charge in [0.25, 0.3) is 0 Å². The summed E-state index contributed by atoms with van der Waals surface area (Å²) < 4.78 is 5.53. The smallest absolute Gasteiger partial charge is 0.119 e. The Labute approximate surface area is 136 Å². The third kappa shape index (κ3) is 5.87. The second kappa shape index (κ2) is 9.71. The fourth-order valence-electron chi connectivity index (χ4n) is 3.58. The average molecular weight is 300 g/mol. The lowest BCUT2D eigenvalue weighted by Gasteiger charge is -2.28. The number of hydrogen-bond acceptors (Lipinski definition) is 1. The van der Waals surface area contributed by atoms with E-state index in [0.29, 0.717) is 6.61 Å². The monoisotopic (exact) mass is 300 g/mol. The molecule has 0 aromatic heterocycles. The quantitative estimate of drug-likeness (QED) is 0.495. The van der Waals surface area contributed by atoms with Crippen LogP contribution in [0.3, 0.4) is 0 Å². The molecule has 0 N–H and O–H groups in total. The van der Waals surface area contributed by atoms with Gasteiger partial charge in [-0.15, -0.1) is 0 Å². The van der Waals surface area contributed by atoms with Crippen LogP contribution in [0.4, 0.5) is 0 Å². The van der Waals surface area contributed by atoms with Crippen LogP contribution in [0.1, 0.15) is 63.9 Å². The minimum atomic E-state index is 0.584. The van der Waals surface area contributed by atoms with Gasteiger partial charge in [-0.05, 0) is 42.4 Å². The predicted octanol–water partition coefficient (Wildman–Crippen LogP) is 6.18. The van der Waals surface area contributed by atoms with Gasteiger partial charge in [0.05, 0.1) is 0 Å². The second-order valence-electron chi connectivity index (χ2n) is 6.81. The van der Waals surface area contributed by atoms with Crippen molar-refractivity contribution >= 4 is 0 Å². The summed E-state index contributed by atoms with van der Waals surface area (Å²) >= 11 is 0. The highest BCUT2D eigenvalue weighted by molar-refractivity contribution is 5.27. The van der Waals surface area contributed by atoms with Crippen molar-refractivity contribution in [1.82, 2.24) is 0 Å². The van der Waals surface area contributed by atoms with Gasteiger partial charge < -0.3 is 4.74 Å². The minimum Gasteiger partial charge on any atom is -0.490 e. The first-order valence-corrected chi connectivity index (χ1v) is 9.14. The molecule has 0 bridgehead atoms. The number of hydrogen-bond donors (Lipinski definition) is 0. The lowest BCUT2D eigenvalue weighted by molar-refractivity contribution is 0.250. The lowest BCUT2D eigenvalue weighted by Crippen LogP contribution is -2.15. The van der Waals surface area contributed by atoms with E-state index in [1.165, 1.54) is 63.4 Å². The molecule has 1 nitrogen and oxygen atoms in total. The van der Waals surface area contributed by atoms with E-state index in [9.17, 15) is 0 Å². The van der Waals surface area contributed by atoms with Crippen molar-refractivity contribution in [3.05, 3.63) is 42.5 Å². The molecular weight excluding hydrogens is 268 g/mol. The van der Waals surface area contributed by atoms with Gasteiger partial charge in [0.15, 0.2) is 0 Å². The molecule has 0 heterocycles. The van der Waals surface area contributed by atoms with Crippen LogP contribution >= 0.6 is 0 Å². The van der Waals surface area contributed by atoms with Crippen LogP contribution in [0.15, 0.2) is 36.9 Å². The van der Waals surface area contributed by atoms with E-state index in [1.54, 1.807) is 6.08 Å². The van der Waals surface area contributed by atoms with Gasteiger partial charge in [0.2, 0.25) is 0 Å². The van der Waals surface area contributed by atoms with Crippen LogP contribution in [0, 0.1) is 11.8 Å². The van der Waals surface area contributed by atoms with Gasteiger partial charge in [0, 0.05) is 0 Å². The molecule has 0 saturated heterocycles. The van der Waals surface area contributed by atoms with Crippen molar-refractivity contribution in [3.63, 3.8) is 0 Å². The molecule has 0 atom stereocenters. The Hall–Kier alpha value is -1.24. The molecule has 1 aromatic rings. The Morgan fingerprint density at radius 1 is 1.05 bits per heavy atom. The van der Waals surface area contributed by atoms with Crippen LogP contribution in [-0.4, -0.2) is 6.61 Å². The third-order valence-corrected chi connectivity index (χ3v) is 5.06. The summed E-state index contributed by atoms with van der Waals surface area (Å²) in [4.78, 5) is 0. The summed E-state index contributed by atoms with van der Waals surface area (Å²) in [7, 11) is 0. The van der Waals surface area contributed by atoms with Gasteiger partial charge in [-0.2, -0.15) is 0 Å². The van der Waals surface area contributed by atoms with Crippen molar-refractivity contribution in [3.8, 4) is 5.75 Å². The molecule has 1 aromatic carbocycles. The fraction of sp³-hybridized carbons (Fsp3) is 0.619. The van der Waals surface area contributed by atoms with Crippen molar-refractivity contribution in [2.75, 3.05) is 6.61 Å². The van der Waals surface area contributed by atoms with Gasteiger partial charge >= 0.3 is 0 Å². The molecule has 1 fully saturated rings. The molecule has 1 heteroatoms. The van der Waals surface area contributed by atoms with E-state index in [4.69, 9.17) is 4.74 Å². The molecule has 1 aliphatic carbocycles. The summed E-state index contributed by atoms with van der Waals surface area (Å²) in [5.41, 5.74) is 1.44. The molecule has 0 spiro atoms. The first kappa shape index (κ1) is 17.1. The van der Waals surface area contributed by atoms with Crippen molar-refractivity contribution in [2.45, 2.75) is 64.7 Å². The summed E-state index contributed by atoms with van der Waals surface area (Å²) in [5.74, 6) is 2.92. The zero-order valence-electron chi connectivity index (χ0n) is 14.2. The molecule has 0 amide bonds. The molecule has 1 saturated carbocycles. The SMILES string of the molecule is C=CCOc1ccc(CCC2CCC(CCCC)CC2)cc1. The van der Waals surface area contributed by atoms with E-state index in [2.05, 4.69) is 37.8 Å². The summed E-state index contributed by atoms with van der Waals surface area (Å²) in [6, 6.07) is 8.59. The predicted molar refractivity (Wildman–Crippen MR) is 95.4 cm³/mol. The van der Waals surface area contributed by atoms with E-state index in [0.717, 1.165) is 17.6 Å². The van der Waals surface area contributed by atoms with E-state index >= 15 is 0 Å². The van der Waals surface area contributed by atoms with Crippen LogP contribution in [0.2, 0.25) is 0 Å². The number of rotatable bonds is 9. The van der Waals surface area contributed by atoms with Crippen LogP contribution in [0.25, 0.3) is 0 Å². The molecule has 0 aliphatic heterocycles. The number of aryl methyl sites for hydroxylation is 1. The average Bonchev–Trinajstić information content (AvgIpc) is 2.58. The van der Waals surface area contributed by atoms with Crippen molar-refractivity contribution < 1.29 is 4.74 Å². The Morgan fingerprint density at radius 2 is 1.68 bits per heavy atom. The van der Waals surface area contributed by atoms with E-state index in [1.807, 2.05) is 0 Å². The van der Waals surface area contributed by atoms with Gasteiger partial charge in [-0.25, -0.2) is 0 Å². The summed E-state index contributed by atoms with van der Waals surface area (Å²) in [5, 5.41) is 0. The maximum absolute atomic E-state index is 5.53. The van der Waals surface area contributed by atoms with Gasteiger partial charge in [-0.3, -0.25) is 0 Å². The highest BCUT2D eigenvalue weighted by Gasteiger charge is 2.20. The topological polar surface area (TPSA) is 9.23 Å². The largest absolute Gasteiger partial charge is 0.490 e. The Balaban J connectivity index is 1.67. The number of unbranched alkanes of at least 4 members (excludes halogenated alkanes) is 1. The Bertz CT molecular complexity index is 412. The minimum absolute atomic E-state index is 0.584. The Morgan fingerprint density at radius 3 is 2.27 bits per heavy atom. The first-order valence-electron chi connectivity index (χ1n) is 9.14. The molecule has 2 rings (SSSR count). The third-order valence-electron chi connectivity index (χ3n) is 5.06. The standard InChI is InChI=1S/C21H32O/c1-3-5-6-18-7-9-19(10-8-18)11-12-20-13-15-21(16-14-20)22-17-4-2/h4,13-16,18-19H,2-3,5-12,17H2,1H3. The summed E-state index contributed by atoms with van der Waals surface area (Å²) in [6.07, 6.45) is 14.4. The molecule has 0 radical (unpaired) electrons. The van der Waals surface area contributed by atoms with Crippen molar-refractivity contribution in [1.29, 1.82) is 0 Å². The van der Waals surface area contributed by atoms with E-state index in [-0.39, 0.29) is 0 Å². The van der Waals surface area contributed by atoms with Crippen molar-refractivity contribution in [2.24, 2.45) is 11.8 Å². The molecule has 0 unspecified atom stereocenters. The zero-order valence-corrected chi connectivity index (χ0v) is 14.2. The lowest BCUT2D eigenvalue weighted by atomic mass is 9.78. The fourth-order valence-corrected chi connectivity index (χ4v) is 3.58. The number of benzene rings is 1. The van der Waals surface area contributed by atoms with Gasteiger partial charge in [0.1, 0.15) is 12.4 Å². The first-order chi connectivity index (χ1) is 10.8. The second-order valence-corrected chi connectivity index (χ2v) is 6.81. The number of ether oxygens (including phenoxy) is 1. The van der Waals surface area contributed by atoms with Gasteiger partial charge in [-0.1, -0.05) is 76.7 Å². The van der Waals surface area contributed by atoms with Crippen LogP contribution < -0.4 is 4.74 Å².